The van der Waals surface area contributed by atoms with Gasteiger partial charge in [0.15, 0.2) is 0 Å². The summed E-state index contributed by atoms with van der Waals surface area (Å²) in [4.78, 5) is 0. The van der Waals surface area contributed by atoms with Gasteiger partial charge in [0.25, 0.3) is 0 Å². The lowest BCUT2D eigenvalue weighted by atomic mass is 10.3. The normalized spacial score (nSPS) is 10.1. The number of benzene rings is 1. The molecule has 0 bridgehead atoms. The molecule has 2 aromatic rings. The van der Waals surface area contributed by atoms with Crippen LogP contribution < -0.4 is 4.74 Å². The Kier molecular flexibility index (Phi) is 2.44. The van der Waals surface area contributed by atoms with E-state index in [4.69, 9.17) is 4.74 Å². The van der Waals surface area contributed by atoms with Gasteiger partial charge in [0, 0.05) is 12.3 Å². The second-order valence-electron chi connectivity index (χ2n) is 2.83. The average molecular weight is 192 g/mol. The lowest BCUT2D eigenvalue weighted by molar-refractivity contribution is 0.299. The molecule has 1 aromatic heterocycles. The van der Waals surface area contributed by atoms with Gasteiger partial charge in [-0.1, -0.05) is 6.07 Å². The third-order valence-corrected chi connectivity index (χ3v) is 1.75. The van der Waals surface area contributed by atoms with Gasteiger partial charge < -0.3 is 4.74 Å². The Balaban J connectivity index is 1.98. The van der Waals surface area contributed by atoms with Crippen molar-refractivity contribution in [3.05, 3.63) is 48.0 Å². The van der Waals surface area contributed by atoms with E-state index in [-0.39, 0.29) is 5.82 Å². The van der Waals surface area contributed by atoms with Crippen LogP contribution in [0.1, 0.15) is 5.69 Å². The van der Waals surface area contributed by atoms with Crippen molar-refractivity contribution in [1.29, 1.82) is 0 Å². The first kappa shape index (κ1) is 8.74. The van der Waals surface area contributed by atoms with Gasteiger partial charge >= 0.3 is 0 Å². The van der Waals surface area contributed by atoms with Gasteiger partial charge in [0.1, 0.15) is 18.2 Å². The summed E-state index contributed by atoms with van der Waals surface area (Å²) in [6, 6.07) is 7.84. The topological polar surface area (TPSA) is 37.9 Å². The lowest BCUT2D eigenvalue weighted by Gasteiger charge is -2.03. The molecule has 0 unspecified atom stereocenters. The van der Waals surface area contributed by atoms with Crippen LogP contribution in [0.15, 0.2) is 36.5 Å². The molecule has 0 spiro atoms. The third kappa shape index (κ3) is 2.10. The fourth-order valence-corrected chi connectivity index (χ4v) is 1.08. The van der Waals surface area contributed by atoms with Crippen molar-refractivity contribution in [1.82, 2.24) is 10.2 Å². The molecule has 0 fully saturated rings. The second-order valence-corrected chi connectivity index (χ2v) is 2.83. The molecule has 0 atom stereocenters. The minimum atomic E-state index is -0.299. The first-order valence-electron chi connectivity index (χ1n) is 4.21. The van der Waals surface area contributed by atoms with E-state index in [1.165, 1.54) is 12.1 Å². The highest BCUT2D eigenvalue weighted by molar-refractivity contribution is 5.22. The SMILES string of the molecule is Fc1cccc(OCc2ccn[nH]2)c1. The summed E-state index contributed by atoms with van der Waals surface area (Å²) in [7, 11) is 0. The Labute approximate surface area is 80.5 Å². The molecule has 1 heterocycles. The van der Waals surface area contributed by atoms with Gasteiger partial charge in [0.2, 0.25) is 0 Å². The van der Waals surface area contributed by atoms with Gasteiger partial charge in [-0.2, -0.15) is 5.10 Å². The van der Waals surface area contributed by atoms with Crippen LogP contribution in [-0.2, 0) is 6.61 Å². The van der Waals surface area contributed by atoms with Crippen LogP contribution in [0.5, 0.6) is 5.75 Å². The number of hydrogen-bond donors (Lipinski definition) is 1. The number of nitrogens with zero attached hydrogens (tertiary/aromatic N) is 1. The molecule has 0 saturated heterocycles. The molecular weight excluding hydrogens is 183 g/mol. The summed E-state index contributed by atoms with van der Waals surface area (Å²) in [5.74, 6) is 0.215. The van der Waals surface area contributed by atoms with E-state index in [0.29, 0.717) is 12.4 Å². The van der Waals surface area contributed by atoms with Crippen LogP contribution in [0, 0.1) is 5.82 Å². The van der Waals surface area contributed by atoms with Gasteiger partial charge in [-0.15, -0.1) is 0 Å². The van der Waals surface area contributed by atoms with Crippen LogP contribution in [0.25, 0.3) is 0 Å². The summed E-state index contributed by atoms with van der Waals surface area (Å²) in [6.07, 6.45) is 1.64. The zero-order valence-corrected chi connectivity index (χ0v) is 7.40. The Morgan fingerprint density at radius 3 is 3.00 bits per heavy atom. The summed E-state index contributed by atoms with van der Waals surface area (Å²) in [5.41, 5.74) is 0.856. The maximum Gasteiger partial charge on any atom is 0.130 e. The van der Waals surface area contributed by atoms with E-state index >= 15 is 0 Å². The molecule has 72 valence electrons. The van der Waals surface area contributed by atoms with Crippen molar-refractivity contribution < 1.29 is 9.13 Å². The first-order chi connectivity index (χ1) is 6.84. The van der Waals surface area contributed by atoms with Crippen LogP contribution >= 0.6 is 0 Å². The summed E-state index contributed by atoms with van der Waals surface area (Å²) in [6.45, 7) is 0.365. The minimum absolute atomic E-state index is 0.299. The van der Waals surface area contributed by atoms with Crippen molar-refractivity contribution in [3.8, 4) is 5.75 Å². The Morgan fingerprint density at radius 1 is 1.36 bits per heavy atom. The number of aromatic amines is 1. The Hall–Kier alpha value is -1.84. The standard InChI is InChI=1S/C10H9FN2O/c11-8-2-1-3-10(6-8)14-7-9-4-5-12-13-9/h1-6H,7H2,(H,12,13). The number of nitrogens with one attached hydrogen (secondary N) is 1. The zero-order valence-electron chi connectivity index (χ0n) is 7.40. The van der Waals surface area contributed by atoms with E-state index < -0.39 is 0 Å². The first-order valence-corrected chi connectivity index (χ1v) is 4.21. The van der Waals surface area contributed by atoms with Crippen molar-refractivity contribution >= 4 is 0 Å². The average Bonchev–Trinajstić information content (AvgIpc) is 2.67. The molecule has 1 N–H and O–H groups in total. The maximum absolute atomic E-state index is 12.7. The molecule has 0 aliphatic heterocycles. The lowest BCUT2D eigenvalue weighted by Crippen LogP contribution is -1.95. The fraction of sp³-hybridized carbons (Fsp3) is 0.100. The maximum atomic E-state index is 12.7. The Morgan fingerprint density at radius 2 is 2.29 bits per heavy atom. The summed E-state index contributed by atoms with van der Waals surface area (Å²) >= 11 is 0. The molecule has 14 heavy (non-hydrogen) atoms. The number of H-pyrrole nitrogens is 1. The molecular formula is C10H9FN2O. The highest BCUT2D eigenvalue weighted by atomic mass is 19.1. The van der Waals surface area contributed by atoms with Crippen molar-refractivity contribution in [2.45, 2.75) is 6.61 Å². The number of aromatic nitrogens is 2. The molecule has 1 aromatic carbocycles. The second kappa shape index (κ2) is 3.91. The highest BCUT2D eigenvalue weighted by Gasteiger charge is 1.97. The van der Waals surface area contributed by atoms with Crippen LogP contribution in [0.2, 0.25) is 0 Å². The van der Waals surface area contributed by atoms with Crippen LogP contribution in [0.4, 0.5) is 4.39 Å². The van der Waals surface area contributed by atoms with Crippen molar-refractivity contribution in [3.63, 3.8) is 0 Å². The molecule has 0 aliphatic rings. The van der Waals surface area contributed by atoms with Crippen LogP contribution in [0.3, 0.4) is 0 Å². The summed E-state index contributed by atoms with van der Waals surface area (Å²) < 4.78 is 18.1. The van der Waals surface area contributed by atoms with E-state index in [9.17, 15) is 4.39 Å². The number of hydrogen-bond acceptors (Lipinski definition) is 2. The van der Waals surface area contributed by atoms with E-state index in [0.717, 1.165) is 5.69 Å². The number of rotatable bonds is 3. The highest BCUT2D eigenvalue weighted by Crippen LogP contribution is 2.13. The molecule has 0 saturated carbocycles. The smallest absolute Gasteiger partial charge is 0.130 e. The van der Waals surface area contributed by atoms with Crippen LogP contribution in [-0.4, -0.2) is 10.2 Å². The molecule has 3 nitrogen and oxygen atoms in total. The monoisotopic (exact) mass is 192 g/mol. The summed E-state index contributed by atoms with van der Waals surface area (Å²) in [5, 5.41) is 6.53. The number of halogens is 1. The third-order valence-electron chi connectivity index (χ3n) is 1.75. The van der Waals surface area contributed by atoms with Gasteiger partial charge in [-0.05, 0) is 18.2 Å². The molecule has 0 amide bonds. The Bertz CT molecular complexity index is 400. The molecule has 0 radical (unpaired) electrons. The van der Waals surface area contributed by atoms with Gasteiger partial charge in [-0.25, -0.2) is 4.39 Å². The zero-order chi connectivity index (χ0) is 9.80. The van der Waals surface area contributed by atoms with E-state index in [1.54, 1.807) is 24.4 Å². The van der Waals surface area contributed by atoms with Gasteiger partial charge in [0.05, 0.1) is 5.69 Å². The predicted molar refractivity (Wildman–Crippen MR) is 49.3 cm³/mol. The fourth-order valence-electron chi connectivity index (χ4n) is 1.08. The molecule has 4 heteroatoms. The number of ether oxygens (including phenoxy) is 1. The van der Waals surface area contributed by atoms with Crippen molar-refractivity contribution in [2.24, 2.45) is 0 Å². The quantitative estimate of drug-likeness (QED) is 0.808. The van der Waals surface area contributed by atoms with Gasteiger partial charge in [-0.3, -0.25) is 5.10 Å². The van der Waals surface area contributed by atoms with Crippen molar-refractivity contribution in [2.75, 3.05) is 0 Å². The largest absolute Gasteiger partial charge is 0.487 e. The van der Waals surface area contributed by atoms with E-state index in [2.05, 4.69) is 10.2 Å². The minimum Gasteiger partial charge on any atom is -0.487 e. The molecule has 2 rings (SSSR count). The van der Waals surface area contributed by atoms with E-state index in [1.807, 2.05) is 0 Å². The molecule has 0 aliphatic carbocycles. The predicted octanol–water partition coefficient (Wildman–Crippen LogP) is 2.13.